The minimum Gasteiger partial charge on any atom is -0.351 e. The summed E-state index contributed by atoms with van der Waals surface area (Å²) in [7, 11) is 0. The lowest BCUT2D eigenvalue weighted by Gasteiger charge is -2.25. The Bertz CT molecular complexity index is 966. The molecule has 7 heteroatoms. The number of amides is 4. The Morgan fingerprint density at radius 1 is 1.03 bits per heavy atom. The number of benzene rings is 2. The maximum Gasteiger partial charge on any atom is 0.318 e. The van der Waals surface area contributed by atoms with Gasteiger partial charge in [-0.15, -0.1) is 0 Å². The van der Waals surface area contributed by atoms with E-state index in [2.05, 4.69) is 10.6 Å². The zero-order valence-electron chi connectivity index (χ0n) is 19.1. The molecule has 3 atom stereocenters. The van der Waals surface area contributed by atoms with Gasteiger partial charge in [0.05, 0.1) is 0 Å². The fourth-order valence-corrected chi connectivity index (χ4v) is 4.93. The molecule has 1 heterocycles. The average Bonchev–Trinajstić information content (AvgIpc) is 3.15. The molecule has 2 aliphatic rings. The van der Waals surface area contributed by atoms with Crippen LogP contribution in [0.25, 0.3) is 0 Å². The van der Waals surface area contributed by atoms with Crippen LogP contribution in [0.1, 0.15) is 30.9 Å². The van der Waals surface area contributed by atoms with Crippen molar-refractivity contribution < 1.29 is 14.4 Å². The van der Waals surface area contributed by atoms with E-state index in [0.29, 0.717) is 39.0 Å². The van der Waals surface area contributed by atoms with Crippen LogP contribution in [0.2, 0.25) is 0 Å². The van der Waals surface area contributed by atoms with Crippen molar-refractivity contribution in [3.05, 3.63) is 71.8 Å². The van der Waals surface area contributed by atoms with E-state index in [1.165, 1.54) is 0 Å². The summed E-state index contributed by atoms with van der Waals surface area (Å²) in [6.07, 6.45) is 1.30. The molecule has 2 aromatic rings. The van der Waals surface area contributed by atoms with E-state index in [0.717, 1.165) is 11.1 Å². The summed E-state index contributed by atoms with van der Waals surface area (Å²) in [5.41, 5.74) is 2.11. The second-order valence-electron chi connectivity index (χ2n) is 8.97. The van der Waals surface area contributed by atoms with Crippen molar-refractivity contribution in [1.82, 2.24) is 20.4 Å². The molecule has 4 rings (SSSR count). The smallest absolute Gasteiger partial charge is 0.318 e. The lowest BCUT2D eigenvalue weighted by atomic mass is 10.0. The minimum absolute atomic E-state index is 0.0430. The highest BCUT2D eigenvalue weighted by atomic mass is 16.2. The van der Waals surface area contributed by atoms with E-state index in [1.807, 2.05) is 72.5 Å². The average molecular weight is 449 g/mol. The highest BCUT2D eigenvalue weighted by Crippen LogP contribution is 2.34. The van der Waals surface area contributed by atoms with E-state index < -0.39 is 0 Å². The molecule has 0 unspecified atom stereocenters. The van der Waals surface area contributed by atoms with Crippen molar-refractivity contribution >= 4 is 17.8 Å². The van der Waals surface area contributed by atoms with E-state index in [-0.39, 0.29) is 42.3 Å². The number of nitrogens with zero attached hydrogens (tertiary/aromatic N) is 2. The van der Waals surface area contributed by atoms with E-state index >= 15 is 0 Å². The Balaban J connectivity index is 1.37. The minimum atomic E-state index is -0.247. The highest BCUT2D eigenvalue weighted by molar-refractivity contribution is 5.85. The van der Waals surface area contributed by atoms with Gasteiger partial charge in [0, 0.05) is 38.1 Å². The van der Waals surface area contributed by atoms with Crippen molar-refractivity contribution in [2.24, 2.45) is 11.8 Å². The van der Waals surface area contributed by atoms with Gasteiger partial charge in [0.15, 0.2) is 0 Å². The molecule has 2 N–H and O–H groups in total. The van der Waals surface area contributed by atoms with Crippen LogP contribution in [0.3, 0.4) is 0 Å². The van der Waals surface area contributed by atoms with Crippen molar-refractivity contribution in [3.63, 3.8) is 0 Å². The second-order valence-corrected chi connectivity index (χ2v) is 8.97. The van der Waals surface area contributed by atoms with Crippen molar-refractivity contribution in [2.75, 3.05) is 19.6 Å². The van der Waals surface area contributed by atoms with Crippen LogP contribution in [0.15, 0.2) is 60.7 Å². The number of carbonyl (C=O) groups is 3. The van der Waals surface area contributed by atoms with E-state index in [4.69, 9.17) is 0 Å². The monoisotopic (exact) mass is 448 g/mol. The van der Waals surface area contributed by atoms with Gasteiger partial charge in [-0.05, 0) is 36.8 Å². The van der Waals surface area contributed by atoms with Gasteiger partial charge in [0.1, 0.15) is 6.54 Å². The van der Waals surface area contributed by atoms with Gasteiger partial charge in [-0.1, -0.05) is 60.7 Å². The van der Waals surface area contributed by atoms with Crippen LogP contribution >= 0.6 is 0 Å². The molecular formula is C26H32N4O3. The first-order chi connectivity index (χ1) is 16.0. The summed E-state index contributed by atoms with van der Waals surface area (Å²) in [5, 5.41) is 5.98. The Hall–Kier alpha value is -3.35. The van der Waals surface area contributed by atoms with Gasteiger partial charge in [-0.25, -0.2) is 4.79 Å². The third kappa shape index (κ3) is 5.72. The van der Waals surface area contributed by atoms with Gasteiger partial charge < -0.3 is 20.4 Å². The first kappa shape index (κ1) is 22.8. The third-order valence-electron chi connectivity index (χ3n) is 6.66. The summed E-state index contributed by atoms with van der Waals surface area (Å²) in [5.74, 6) is -0.106. The van der Waals surface area contributed by atoms with Gasteiger partial charge in [-0.3, -0.25) is 9.59 Å². The number of carbonyl (C=O) groups excluding carboxylic acids is 3. The Labute approximate surface area is 195 Å². The van der Waals surface area contributed by atoms with Crippen LogP contribution < -0.4 is 10.6 Å². The second kappa shape index (κ2) is 10.5. The van der Waals surface area contributed by atoms with Crippen molar-refractivity contribution in [3.8, 4) is 0 Å². The molecule has 1 saturated carbocycles. The Kier molecular flexibility index (Phi) is 7.27. The van der Waals surface area contributed by atoms with E-state index in [1.54, 1.807) is 4.90 Å². The molecule has 4 amide bonds. The molecule has 174 valence electrons. The molecular weight excluding hydrogens is 416 g/mol. The lowest BCUT2D eigenvalue weighted by molar-refractivity contribution is -0.136. The van der Waals surface area contributed by atoms with Gasteiger partial charge >= 0.3 is 6.03 Å². The number of rotatable bonds is 6. The Morgan fingerprint density at radius 2 is 1.70 bits per heavy atom. The van der Waals surface area contributed by atoms with Crippen LogP contribution in [-0.2, 0) is 22.7 Å². The largest absolute Gasteiger partial charge is 0.351 e. The first-order valence-electron chi connectivity index (χ1n) is 11.7. The molecule has 1 aliphatic carbocycles. The summed E-state index contributed by atoms with van der Waals surface area (Å²) in [4.78, 5) is 42.0. The van der Waals surface area contributed by atoms with Crippen LogP contribution in [-0.4, -0.2) is 53.3 Å². The molecule has 0 spiro atoms. The van der Waals surface area contributed by atoms with Gasteiger partial charge in [0.2, 0.25) is 11.8 Å². The van der Waals surface area contributed by atoms with Gasteiger partial charge in [-0.2, -0.15) is 0 Å². The van der Waals surface area contributed by atoms with E-state index in [9.17, 15) is 14.4 Å². The summed E-state index contributed by atoms with van der Waals surface area (Å²) in [6, 6.07) is 19.4. The number of hydrogen-bond donors (Lipinski definition) is 2. The lowest BCUT2D eigenvalue weighted by Crippen LogP contribution is -2.44. The van der Waals surface area contributed by atoms with Crippen LogP contribution in [0.4, 0.5) is 4.79 Å². The van der Waals surface area contributed by atoms with Gasteiger partial charge in [0.25, 0.3) is 0 Å². The Morgan fingerprint density at radius 3 is 2.36 bits per heavy atom. The standard InChI is InChI=1S/C26H32N4O3/c1-2-29(16-20-11-7-4-8-12-20)25(32)21-13-22-17-30(18-24(31)28-23(22)14-21)26(33)27-15-19-9-5-3-6-10-19/h3-12,21-23H,2,13-18H2,1H3,(H,27,33)(H,28,31)/t21-,22+,23+/m0/s1. The quantitative estimate of drug-likeness (QED) is 0.713. The fraction of sp³-hybridized carbons (Fsp3) is 0.423. The van der Waals surface area contributed by atoms with Crippen LogP contribution in [0, 0.1) is 11.8 Å². The molecule has 7 nitrogen and oxygen atoms in total. The zero-order chi connectivity index (χ0) is 23.2. The van der Waals surface area contributed by atoms with Crippen LogP contribution in [0.5, 0.6) is 0 Å². The fourth-order valence-electron chi connectivity index (χ4n) is 4.93. The highest BCUT2D eigenvalue weighted by Gasteiger charge is 2.43. The molecule has 0 bridgehead atoms. The zero-order valence-corrected chi connectivity index (χ0v) is 19.1. The number of urea groups is 1. The molecule has 0 radical (unpaired) electrons. The first-order valence-corrected chi connectivity index (χ1v) is 11.7. The predicted octanol–water partition coefficient (Wildman–Crippen LogP) is 2.77. The SMILES string of the molecule is CCN(Cc1ccccc1)C(=O)[C@H]1C[C@@H]2CN(C(=O)NCc3ccccc3)CC(=O)N[C@@H]2C1. The molecule has 1 saturated heterocycles. The summed E-state index contributed by atoms with van der Waals surface area (Å²) in [6.45, 7) is 4.15. The molecule has 33 heavy (non-hydrogen) atoms. The molecule has 2 fully saturated rings. The normalized spacial score (nSPS) is 22.2. The predicted molar refractivity (Wildman–Crippen MR) is 126 cm³/mol. The number of nitrogens with one attached hydrogen (secondary N) is 2. The maximum atomic E-state index is 13.3. The topological polar surface area (TPSA) is 81.8 Å². The molecule has 1 aliphatic heterocycles. The summed E-state index contributed by atoms with van der Waals surface area (Å²) < 4.78 is 0. The number of hydrogen-bond acceptors (Lipinski definition) is 3. The van der Waals surface area contributed by atoms with Crippen molar-refractivity contribution in [2.45, 2.75) is 38.9 Å². The summed E-state index contributed by atoms with van der Waals surface area (Å²) >= 11 is 0. The number of fused-ring (bicyclic) bond motifs is 1. The molecule has 2 aromatic carbocycles. The molecule has 0 aromatic heterocycles. The maximum absolute atomic E-state index is 13.3. The third-order valence-corrected chi connectivity index (χ3v) is 6.66. The van der Waals surface area contributed by atoms with Crippen molar-refractivity contribution in [1.29, 1.82) is 0 Å².